The predicted molar refractivity (Wildman–Crippen MR) is 106 cm³/mol. The van der Waals surface area contributed by atoms with Crippen molar-refractivity contribution in [2.24, 2.45) is 0 Å². The van der Waals surface area contributed by atoms with Gasteiger partial charge in [-0.25, -0.2) is 8.42 Å². The van der Waals surface area contributed by atoms with Crippen LogP contribution in [0.25, 0.3) is 0 Å². The maximum atomic E-state index is 12.6. The molecule has 0 spiro atoms. The van der Waals surface area contributed by atoms with E-state index in [1.807, 2.05) is 18.2 Å². The fourth-order valence-corrected chi connectivity index (χ4v) is 3.79. The maximum absolute atomic E-state index is 12.6. The zero-order chi connectivity index (χ0) is 19.4. The predicted octanol–water partition coefficient (Wildman–Crippen LogP) is 4.12. The van der Waals surface area contributed by atoms with E-state index in [1.165, 1.54) is 29.6 Å². The van der Waals surface area contributed by atoms with E-state index in [2.05, 4.69) is 21.2 Å². The molecule has 0 bridgehead atoms. The Balaban J connectivity index is 1.69. The minimum absolute atomic E-state index is 0.0109. The Morgan fingerprint density at radius 2 is 1.70 bits per heavy atom. The highest BCUT2D eigenvalue weighted by Crippen LogP contribution is 2.20. The fourth-order valence-electron chi connectivity index (χ4n) is 2.39. The molecule has 8 heteroatoms. The summed E-state index contributed by atoms with van der Waals surface area (Å²) in [4.78, 5) is 12.4. The van der Waals surface area contributed by atoms with Gasteiger partial charge in [-0.05, 0) is 48.5 Å². The van der Waals surface area contributed by atoms with E-state index in [4.69, 9.17) is 4.42 Å². The average molecular weight is 449 g/mol. The quantitative estimate of drug-likeness (QED) is 0.614. The number of carbonyl (C=O) groups excluding carboxylic acids is 1. The number of benzene rings is 2. The lowest BCUT2D eigenvalue weighted by Gasteiger charge is -2.16. The molecule has 27 heavy (non-hydrogen) atoms. The summed E-state index contributed by atoms with van der Waals surface area (Å²) in [6, 6.07) is 18.5. The Hall–Kier alpha value is -2.42. The van der Waals surface area contributed by atoms with Gasteiger partial charge in [-0.2, -0.15) is 4.31 Å². The van der Waals surface area contributed by atoms with Crippen LogP contribution in [0.3, 0.4) is 0 Å². The maximum Gasteiger partial charge on any atom is 0.291 e. The lowest BCUT2D eigenvalue weighted by Crippen LogP contribution is -2.26. The fraction of sp³-hybridized carbons (Fsp3) is 0.105. The monoisotopic (exact) mass is 448 g/mol. The first-order valence-corrected chi connectivity index (χ1v) is 10.3. The topological polar surface area (TPSA) is 79.6 Å². The normalized spacial score (nSPS) is 11.5. The highest BCUT2D eigenvalue weighted by Gasteiger charge is 2.22. The standard InChI is InChI=1S/C19H17BrN2O4S/c1-22(27(24,25)17-10-7-14(20)8-11-17)13-16-9-12-18(26-16)19(23)21-15-5-3-2-4-6-15/h2-12H,13H2,1H3,(H,21,23). The number of nitrogens with one attached hydrogen (secondary N) is 1. The molecule has 1 aromatic heterocycles. The smallest absolute Gasteiger partial charge is 0.291 e. The van der Waals surface area contributed by atoms with Gasteiger partial charge in [-0.3, -0.25) is 4.79 Å². The third-order valence-electron chi connectivity index (χ3n) is 3.82. The molecular weight excluding hydrogens is 432 g/mol. The van der Waals surface area contributed by atoms with Gasteiger partial charge in [0.05, 0.1) is 11.4 Å². The molecule has 0 saturated heterocycles. The number of anilines is 1. The summed E-state index contributed by atoms with van der Waals surface area (Å²) in [6.45, 7) is 0.0109. The Labute approximate surface area is 166 Å². The number of hydrogen-bond donors (Lipinski definition) is 1. The van der Waals surface area contributed by atoms with Gasteiger partial charge in [0.25, 0.3) is 5.91 Å². The average Bonchev–Trinajstić information content (AvgIpc) is 3.11. The number of carbonyl (C=O) groups is 1. The molecule has 0 aliphatic rings. The number of rotatable bonds is 6. The largest absolute Gasteiger partial charge is 0.455 e. The van der Waals surface area contributed by atoms with E-state index in [-0.39, 0.29) is 17.2 Å². The van der Waals surface area contributed by atoms with E-state index in [1.54, 1.807) is 30.3 Å². The Bertz CT molecular complexity index is 1030. The Kier molecular flexibility index (Phi) is 5.79. The van der Waals surface area contributed by atoms with Crippen molar-refractivity contribution in [2.75, 3.05) is 12.4 Å². The molecule has 140 valence electrons. The SMILES string of the molecule is CN(Cc1ccc(C(=O)Nc2ccccc2)o1)S(=O)(=O)c1ccc(Br)cc1. The van der Waals surface area contributed by atoms with Crippen LogP contribution in [0.1, 0.15) is 16.3 Å². The summed E-state index contributed by atoms with van der Waals surface area (Å²) < 4.78 is 32.7. The van der Waals surface area contributed by atoms with Crippen LogP contribution in [0.5, 0.6) is 0 Å². The van der Waals surface area contributed by atoms with Gasteiger partial charge in [0, 0.05) is 17.2 Å². The summed E-state index contributed by atoms with van der Waals surface area (Å²) >= 11 is 3.28. The third kappa shape index (κ3) is 4.65. The van der Waals surface area contributed by atoms with Gasteiger partial charge in [0.2, 0.25) is 10.0 Å². The molecule has 3 aromatic rings. The van der Waals surface area contributed by atoms with Crippen LogP contribution in [-0.2, 0) is 16.6 Å². The van der Waals surface area contributed by atoms with Crippen molar-refractivity contribution in [2.45, 2.75) is 11.4 Å². The van der Waals surface area contributed by atoms with E-state index < -0.39 is 15.9 Å². The zero-order valence-corrected chi connectivity index (χ0v) is 16.8. The molecule has 6 nitrogen and oxygen atoms in total. The van der Waals surface area contributed by atoms with Crippen LogP contribution in [-0.4, -0.2) is 25.7 Å². The lowest BCUT2D eigenvalue weighted by atomic mass is 10.3. The van der Waals surface area contributed by atoms with E-state index >= 15 is 0 Å². The van der Waals surface area contributed by atoms with Crippen molar-refractivity contribution in [3.8, 4) is 0 Å². The van der Waals surface area contributed by atoms with Crippen LogP contribution in [0.15, 0.2) is 80.5 Å². The molecule has 0 saturated carbocycles. The highest BCUT2D eigenvalue weighted by molar-refractivity contribution is 9.10. The van der Waals surface area contributed by atoms with Gasteiger partial charge in [-0.1, -0.05) is 34.1 Å². The van der Waals surface area contributed by atoms with Crippen LogP contribution in [0, 0.1) is 0 Å². The summed E-state index contributed by atoms with van der Waals surface area (Å²) in [5.74, 6) is 0.0885. The number of amides is 1. The van der Waals surface area contributed by atoms with Crippen LogP contribution in [0.2, 0.25) is 0 Å². The number of furan rings is 1. The molecule has 0 aliphatic carbocycles. The van der Waals surface area contributed by atoms with E-state index in [0.29, 0.717) is 11.4 Å². The highest BCUT2D eigenvalue weighted by atomic mass is 79.9. The van der Waals surface area contributed by atoms with Gasteiger partial charge in [0.15, 0.2) is 5.76 Å². The summed E-state index contributed by atoms with van der Waals surface area (Å²) in [5, 5.41) is 2.72. The van der Waals surface area contributed by atoms with Crippen LogP contribution < -0.4 is 5.32 Å². The minimum atomic E-state index is -3.66. The molecule has 1 amide bonds. The third-order valence-corrected chi connectivity index (χ3v) is 6.16. The number of halogens is 1. The molecule has 0 radical (unpaired) electrons. The van der Waals surface area contributed by atoms with Crippen molar-refractivity contribution in [3.63, 3.8) is 0 Å². The van der Waals surface area contributed by atoms with Crippen LogP contribution in [0.4, 0.5) is 5.69 Å². The van der Waals surface area contributed by atoms with Gasteiger partial charge in [0.1, 0.15) is 5.76 Å². The van der Waals surface area contributed by atoms with E-state index in [0.717, 1.165) is 4.47 Å². The molecule has 0 aliphatic heterocycles. The van der Waals surface area contributed by atoms with Crippen molar-refractivity contribution in [3.05, 3.63) is 82.7 Å². The second-order valence-electron chi connectivity index (χ2n) is 5.80. The molecule has 0 fully saturated rings. The number of hydrogen-bond acceptors (Lipinski definition) is 4. The summed E-state index contributed by atoms with van der Waals surface area (Å²) in [6.07, 6.45) is 0. The first kappa shape index (κ1) is 19.3. The van der Waals surface area contributed by atoms with Gasteiger partial charge >= 0.3 is 0 Å². The summed E-state index contributed by atoms with van der Waals surface area (Å²) in [7, 11) is -2.20. The second-order valence-corrected chi connectivity index (χ2v) is 8.76. The van der Waals surface area contributed by atoms with Crippen molar-refractivity contribution < 1.29 is 17.6 Å². The second kappa shape index (κ2) is 8.08. The van der Waals surface area contributed by atoms with Crippen LogP contribution >= 0.6 is 15.9 Å². The molecule has 0 atom stereocenters. The molecule has 1 N–H and O–H groups in total. The van der Waals surface area contributed by atoms with E-state index in [9.17, 15) is 13.2 Å². The van der Waals surface area contributed by atoms with Crippen molar-refractivity contribution in [1.29, 1.82) is 0 Å². The number of nitrogens with zero attached hydrogens (tertiary/aromatic N) is 1. The summed E-state index contributed by atoms with van der Waals surface area (Å²) in [5.41, 5.74) is 0.649. The molecule has 1 heterocycles. The first-order chi connectivity index (χ1) is 12.9. The zero-order valence-electron chi connectivity index (χ0n) is 14.4. The van der Waals surface area contributed by atoms with Gasteiger partial charge in [-0.15, -0.1) is 0 Å². The first-order valence-electron chi connectivity index (χ1n) is 8.03. The number of para-hydroxylation sites is 1. The molecule has 0 unspecified atom stereocenters. The van der Waals surface area contributed by atoms with Gasteiger partial charge < -0.3 is 9.73 Å². The van der Waals surface area contributed by atoms with Crippen molar-refractivity contribution >= 4 is 37.5 Å². The minimum Gasteiger partial charge on any atom is -0.455 e. The number of sulfonamides is 1. The lowest BCUT2D eigenvalue weighted by molar-refractivity contribution is 0.0994. The molecule has 3 rings (SSSR count). The Morgan fingerprint density at radius 1 is 1.04 bits per heavy atom. The van der Waals surface area contributed by atoms with Crippen molar-refractivity contribution in [1.82, 2.24) is 4.31 Å². The Morgan fingerprint density at radius 3 is 2.37 bits per heavy atom. The molecule has 2 aromatic carbocycles. The molecular formula is C19H17BrN2O4S.